The lowest BCUT2D eigenvalue weighted by atomic mass is 10.3. The van der Waals surface area contributed by atoms with Gasteiger partial charge in [0.1, 0.15) is 11.5 Å². The third kappa shape index (κ3) is 5.65. The second-order valence-electron chi connectivity index (χ2n) is 6.12. The highest BCUT2D eigenvalue weighted by molar-refractivity contribution is 7.92. The lowest BCUT2D eigenvalue weighted by Crippen LogP contribution is -2.20. The van der Waals surface area contributed by atoms with Crippen LogP contribution in [0.5, 0.6) is 11.5 Å². The van der Waals surface area contributed by atoms with Gasteiger partial charge in [0.15, 0.2) is 6.61 Å². The zero-order valence-electron chi connectivity index (χ0n) is 16.0. The van der Waals surface area contributed by atoms with Crippen molar-refractivity contribution in [3.63, 3.8) is 0 Å². The van der Waals surface area contributed by atoms with Gasteiger partial charge in [-0.3, -0.25) is 9.52 Å². The van der Waals surface area contributed by atoms with Crippen molar-refractivity contribution in [1.82, 2.24) is 0 Å². The van der Waals surface area contributed by atoms with Crippen LogP contribution >= 0.6 is 11.6 Å². The summed E-state index contributed by atoms with van der Waals surface area (Å²) in [6, 6.07) is 19.1. The summed E-state index contributed by atoms with van der Waals surface area (Å²) in [4.78, 5) is 12.2. The molecule has 0 fully saturated rings. The maximum Gasteiger partial charge on any atom is 0.262 e. The Labute approximate surface area is 179 Å². The fourth-order valence-corrected chi connectivity index (χ4v) is 3.71. The smallest absolute Gasteiger partial charge is 0.262 e. The van der Waals surface area contributed by atoms with Crippen LogP contribution in [0.3, 0.4) is 0 Å². The molecule has 0 bridgehead atoms. The van der Waals surface area contributed by atoms with E-state index in [0.29, 0.717) is 27.9 Å². The van der Waals surface area contributed by atoms with Gasteiger partial charge in [0.2, 0.25) is 0 Å². The summed E-state index contributed by atoms with van der Waals surface area (Å²) in [6.45, 7) is -0.243. The molecule has 1 amide bonds. The van der Waals surface area contributed by atoms with Gasteiger partial charge in [-0.15, -0.1) is 0 Å². The van der Waals surface area contributed by atoms with E-state index < -0.39 is 10.0 Å². The van der Waals surface area contributed by atoms with Crippen LogP contribution in [0, 0.1) is 0 Å². The molecule has 0 aliphatic heterocycles. The zero-order chi connectivity index (χ0) is 21.6. The molecule has 0 aliphatic rings. The number of methoxy groups -OCH3 is 1. The van der Waals surface area contributed by atoms with Gasteiger partial charge in [-0.2, -0.15) is 0 Å². The van der Waals surface area contributed by atoms with Crippen molar-refractivity contribution in [2.45, 2.75) is 4.90 Å². The summed E-state index contributed by atoms with van der Waals surface area (Å²) in [5.74, 6) is 0.518. The fraction of sp³-hybridized carbons (Fsp3) is 0.0952. The van der Waals surface area contributed by atoms with Gasteiger partial charge in [0.25, 0.3) is 15.9 Å². The highest BCUT2D eigenvalue weighted by atomic mass is 35.5. The molecular formula is C21H19ClN2O5S. The second-order valence-corrected chi connectivity index (χ2v) is 8.24. The Morgan fingerprint density at radius 2 is 1.63 bits per heavy atom. The van der Waals surface area contributed by atoms with Crippen molar-refractivity contribution in [3.8, 4) is 11.5 Å². The number of sulfonamides is 1. The van der Waals surface area contributed by atoms with Gasteiger partial charge in [-0.25, -0.2) is 8.42 Å². The Kier molecular flexibility index (Phi) is 6.81. The maximum atomic E-state index is 12.5. The summed E-state index contributed by atoms with van der Waals surface area (Å²) < 4.78 is 38.0. The van der Waals surface area contributed by atoms with E-state index >= 15 is 0 Å². The molecule has 9 heteroatoms. The van der Waals surface area contributed by atoms with Crippen LogP contribution in [0.4, 0.5) is 11.4 Å². The third-order valence-electron chi connectivity index (χ3n) is 3.98. The standard InChI is InChI=1S/C21H19ClN2O5S/c1-28-20-5-3-2-4-19(20)23-21(25)14-29-17-10-12-18(13-11-17)30(26,27)24-16-8-6-15(22)7-9-16/h2-13,24H,14H2,1H3,(H,23,25). The van der Waals surface area contributed by atoms with Crippen molar-refractivity contribution in [2.75, 3.05) is 23.8 Å². The first-order valence-corrected chi connectivity index (χ1v) is 10.7. The molecule has 156 valence electrons. The topological polar surface area (TPSA) is 93.7 Å². The Hall–Kier alpha value is -3.23. The lowest BCUT2D eigenvalue weighted by Gasteiger charge is -2.11. The molecule has 3 aromatic carbocycles. The van der Waals surface area contributed by atoms with Gasteiger partial charge in [0.05, 0.1) is 17.7 Å². The van der Waals surface area contributed by atoms with E-state index in [1.165, 1.54) is 31.4 Å². The Balaban J connectivity index is 1.58. The molecule has 0 radical (unpaired) electrons. The molecule has 0 aromatic heterocycles. The van der Waals surface area contributed by atoms with Gasteiger partial charge in [0, 0.05) is 10.7 Å². The monoisotopic (exact) mass is 446 g/mol. The summed E-state index contributed by atoms with van der Waals surface area (Å²) in [5, 5.41) is 3.20. The number of carbonyl (C=O) groups is 1. The number of hydrogen-bond acceptors (Lipinski definition) is 5. The van der Waals surface area contributed by atoms with Crippen LogP contribution in [0.25, 0.3) is 0 Å². The number of benzene rings is 3. The second kappa shape index (κ2) is 9.51. The average Bonchev–Trinajstić information content (AvgIpc) is 2.74. The molecule has 0 saturated carbocycles. The van der Waals surface area contributed by atoms with Crippen LogP contribution in [0.15, 0.2) is 77.7 Å². The van der Waals surface area contributed by atoms with Crippen LogP contribution in [-0.2, 0) is 14.8 Å². The molecular weight excluding hydrogens is 428 g/mol. The van der Waals surface area contributed by atoms with Gasteiger partial charge < -0.3 is 14.8 Å². The van der Waals surface area contributed by atoms with Gasteiger partial charge >= 0.3 is 0 Å². The molecule has 0 spiro atoms. The van der Waals surface area contributed by atoms with Crippen LogP contribution in [0.2, 0.25) is 5.02 Å². The highest BCUT2D eigenvalue weighted by Crippen LogP contribution is 2.23. The minimum atomic E-state index is -3.76. The number of ether oxygens (including phenoxy) is 2. The van der Waals surface area contributed by atoms with Crippen molar-refractivity contribution < 1.29 is 22.7 Å². The van der Waals surface area contributed by atoms with E-state index in [9.17, 15) is 13.2 Å². The summed E-state index contributed by atoms with van der Waals surface area (Å²) in [7, 11) is -2.25. The predicted molar refractivity (Wildman–Crippen MR) is 116 cm³/mol. The molecule has 30 heavy (non-hydrogen) atoms. The Bertz CT molecular complexity index is 1120. The van der Waals surface area contributed by atoms with E-state index in [-0.39, 0.29) is 17.4 Å². The normalized spacial score (nSPS) is 10.9. The highest BCUT2D eigenvalue weighted by Gasteiger charge is 2.14. The minimum Gasteiger partial charge on any atom is -0.495 e. The van der Waals surface area contributed by atoms with E-state index in [1.807, 2.05) is 0 Å². The first-order valence-electron chi connectivity index (χ1n) is 8.81. The molecule has 0 aliphatic carbocycles. The molecule has 0 heterocycles. The van der Waals surface area contributed by atoms with Gasteiger partial charge in [-0.1, -0.05) is 23.7 Å². The van der Waals surface area contributed by atoms with E-state index in [0.717, 1.165) is 0 Å². The summed E-state index contributed by atoms with van der Waals surface area (Å²) in [6.07, 6.45) is 0. The van der Waals surface area contributed by atoms with Crippen LogP contribution in [-0.4, -0.2) is 28.0 Å². The first kappa shape index (κ1) is 21.5. The van der Waals surface area contributed by atoms with Crippen molar-refractivity contribution >= 4 is 38.9 Å². The number of anilines is 2. The summed E-state index contributed by atoms with van der Waals surface area (Å²) >= 11 is 5.80. The SMILES string of the molecule is COc1ccccc1NC(=O)COc1ccc(S(=O)(=O)Nc2ccc(Cl)cc2)cc1. The molecule has 0 saturated heterocycles. The average molecular weight is 447 g/mol. The predicted octanol–water partition coefficient (Wildman–Crippen LogP) is 4.17. The number of nitrogens with one attached hydrogen (secondary N) is 2. The molecule has 3 aromatic rings. The number of rotatable bonds is 8. The largest absolute Gasteiger partial charge is 0.495 e. The Morgan fingerprint density at radius 3 is 2.30 bits per heavy atom. The van der Waals surface area contributed by atoms with E-state index in [2.05, 4.69) is 10.0 Å². The fourth-order valence-electron chi connectivity index (χ4n) is 2.53. The minimum absolute atomic E-state index is 0.0586. The van der Waals surface area contributed by atoms with Crippen molar-refractivity contribution in [2.24, 2.45) is 0 Å². The Morgan fingerprint density at radius 1 is 0.967 bits per heavy atom. The van der Waals surface area contributed by atoms with E-state index in [4.69, 9.17) is 21.1 Å². The zero-order valence-corrected chi connectivity index (χ0v) is 17.5. The number of amides is 1. The molecule has 7 nitrogen and oxygen atoms in total. The summed E-state index contributed by atoms with van der Waals surface area (Å²) in [5.41, 5.74) is 0.927. The van der Waals surface area contributed by atoms with Crippen LogP contribution < -0.4 is 19.5 Å². The molecule has 3 rings (SSSR count). The number of carbonyl (C=O) groups excluding carboxylic acids is 1. The quantitative estimate of drug-likeness (QED) is 0.541. The molecule has 2 N–H and O–H groups in total. The third-order valence-corrected chi connectivity index (χ3v) is 5.63. The number of halogens is 1. The van der Waals surface area contributed by atoms with Crippen molar-refractivity contribution in [1.29, 1.82) is 0 Å². The van der Waals surface area contributed by atoms with Crippen molar-refractivity contribution in [3.05, 3.63) is 77.8 Å². The van der Waals surface area contributed by atoms with Gasteiger partial charge in [-0.05, 0) is 60.7 Å². The first-order chi connectivity index (χ1) is 14.4. The lowest BCUT2D eigenvalue weighted by molar-refractivity contribution is -0.118. The van der Waals surface area contributed by atoms with E-state index in [1.54, 1.807) is 48.5 Å². The molecule has 0 atom stereocenters. The molecule has 0 unspecified atom stereocenters. The maximum absolute atomic E-state index is 12.5. The number of hydrogen-bond donors (Lipinski definition) is 2. The van der Waals surface area contributed by atoms with Crippen LogP contribution in [0.1, 0.15) is 0 Å². The number of para-hydroxylation sites is 2.